The second-order valence-corrected chi connectivity index (χ2v) is 8.30. The van der Waals surface area contributed by atoms with Crippen LogP contribution >= 0.6 is 0 Å². The van der Waals surface area contributed by atoms with Crippen LogP contribution in [0.5, 0.6) is 5.75 Å². The van der Waals surface area contributed by atoms with Crippen LogP contribution in [0.25, 0.3) is 0 Å². The summed E-state index contributed by atoms with van der Waals surface area (Å²) in [5.41, 5.74) is 0.502. The van der Waals surface area contributed by atoms with Crippen LogP contribution in [-0.4, -0.2) is 67.5 Å². The molecule has 2 aliphatic rings. The predicted molar refractivity (Wildman–Crippen MR) is 108 cm³/mol. The summed E-state index contributed by atoms with van der Waals surface area (Å²) in [6.45, 7) is 6.45. The van der Waals surface area contributed by atoms with Crippen LogP contribution in [0.3, 0.4) is 0 Å². The van der Waals surface area contributed by atoms with Gasteiger partial charge in [0, 0.05) is 57.0 Å². The smallest absolute Gasteiger partial charge is 0.317 e. The standard InChI is InChI=1S/C21H30N4O4/c1-15(2)19(27)24-7-8-25(14-21(13-24)10-18(26)23-12-21)20(28)22-11-16-5-4-6-17(9-16)29-3/h4-6,9,15H,7-8,10-14H2,1-3H3,(H,22,28)(H,23,26). The maximum Gasteiger partial charge on any atom is 0.317 e. The van der Waals surface area contributed by atoms with Crippen molar-refractivity contribution in [1.29, 1.82) is 0 Å². The number of carbonyl (C=O) groups excluding carboxylic acids is 3. The second-order valence-electron chi connectivity index (χ2n) is 8.30. The maximum atomic E-state index is 12.9. The van der Waals surface area contributed by atoms with Gasteiger partial charge in [0.1, 0.15) is 5.75 Å². The molecular formula is C21H30N4O4. The van der Waals surface area contributed by atoms with Gasteiger partial charge in [-0.3, -0.25) is 9.59 Å². The number of nitrogens with zero attached hydrogens (tertiary/aromatic N) is 2. The van der Waals surface area contributed by atoms with E-state index < -0.39 is 5.41 Å². The van der Waals surface area contributed by atoms with Crippen LogP contribution in [0.4, 0.5) is 4.79 Å². The molecule has 1 atom stereocenters. The van der Waals surface area contributed by atoms with Crippen LogP contribution in [0.2, 0.25) is 0 Å². The summed E-state index contributed by atoms with van der Waals surface area (Å²) >= 11 is 0. The van der Waals surface area contributed by atoms with Gasteiger partial charge < -0.3 is 25.2 Å². The van der Waals surface area contributed by atoms with Gasteiger partial charge in [-0.15, -0.1) is 0 Å². The van der Waals surface area contributed by atoms with Crippen molar-refractivity contribution in [3.05, 3.63) is 29.8 Å². The molecule has 0 aliphatic carbocycles. The fraction of sp³-hybridized carbons (Fsp3) is 0.571. The monoisotopic (exact) mass is 402 g/mol. The second kappa shape index (κ2) is 8.71. The Balaban J connectivity index is 1.70. The average Bonchev–Trinajstić information content (AvgIpc) is 2.96. The number of methoxy groups -OCH3 is 1. The van der Waals surface area contributed by atoms with Gasteiger partial charge in [-0.25, -0.2) is 4.79 Å². The van der Waals surface area contributed by atoms with E-state index in [1.165, 1.54) is 0 Å². The molecule has 2 aliphatic heterocycles. The number of carbonyl (C=O) groups is 3. The summed E-state index contributed by atoms with van der Waals surface area (Å²) in [5.74, 6) is 0.650. The number of hydrogen-bond donors (Lipinski definition) is 2. The van der Waals surface area contributed by atoms with Crippen molar-refractivity contribution in [1.82, 2.24) is 20.4 Å². The molecule has 0 bridgehead atoms. The Morgan fingerprint density at radius 3 is 2.62 bits per heavy atom. The molecule has 0 saturated carbocycles. The summed E-state index contributed by atoms with van der Waals surface area (Å²) in [4.78, 5) is 41.0. The van der Waals surface area contributed by atoms with Gasteiger partial charge in [-0.05, 0) is 17.7 Å². The van der Waals surface area contributed by atoms with Crippen molar-refractivity contribution in [3.63, 3.8) is 0 Å². The lowest BCUT2D eigenvalue weighted by Crippen LogP contribution is -2.47. The molecule has 2 heterocycles. The lowest BCUT2D eigenvalue weighted by molar-refractivity contribution is -0.135. The highest BCUT2D eigenvalue weighted by atomic mass is 16.5. The van der Waals surface area contributed by atoms with E-state index in [4.69, 9.17) is 4.74 Å². The molecule has 1 unspecified atom stereocenters. The highest BCUT2D eigenvalue weighted by Crippen LogP contribution is 2.31. The van der Waals surface area contributed by atoms with Gasteiger partial charge in [0.15, 0.2) is 0 Å². The number of benzene rings is 1. The molecule has 3 rings (SSSR count). The Hall–Kier alpha value is -2.77. The zero-order valence-electron chi connectivity index (χ0n) is 17.4. The third-order valence-corrected chi connectivity index (χ3v) is 5.56. The van der Waals surface area contributed by atoms with E-state index >= 15 is 0 Å². The first-order valence-corrected chi connectivity index (χ1v) is 10.0. The van der Waals surface area contributed by atoms with Crippen molar-refractivity contribution in [2.24, 2.45) is 11.3 Å². The minimum absolute atomic E-state index is 0.0272. The van der Waals surface area contributed by atoms with Crippen LogP contribution in [0, 0.1) is 11.3 Å². The fourth-order valence-electron chi connectivity index (χ4n) is 4.03. The Morgan fingerprint density at radius 2 is 1.97 bits per heavy atom. The lowest BCUT2D eigenvalue weighted by atomic mass is 9.86. The Kier molecular flexibility index (Phi) is 6.30. The summed E-state index contributed by atoms with van der Waals surface area (Å²) in [6, 6.07) is 7.36. The molecule has 2 N–H and O–H groups in total. The van der Waals surface area contributed by atoms with Gasteiger partial charge in [0.2, 0.25) is 11.8 Å². The molecule has 1 spiro atoms. The SMILES string of the molecule is COc1cccc(CNC(=O)N2CCN(C(=O)C(C)C)CC3(CNC(=O)C3)C2)c1. The van der Waals surface area contributed by atoms with Crippen molar-refractivity contribution in [3.8, 4) is 5.75 Å². The number of nitrogens with one attached hydrogen (secondary N) is 2. The first-order chi connectivity index (χ1) is 13.8. The molecule has 158 valence electrons. The molecule has 2 saturated heterocycles. The van der Waals surface area contributed by atoms with Crippen LogP contribution < -0.4 is 15.4 Å². The Morgan fingerprint density at radius 1 is 1.24 bits per heavy atom. The fourth-order valence-corrected chi connectivity index (χ4v) is 4.03. The van der Waals surface area contributed by atoms with E-state index in [0.717, 1.165) is 11.3 Å². The molecule has 1 aromatic rings. The van der Waals surface area contributed by atoms with E-state index in [-0.39, 0.29) is 23.8 Å². The minimum Gasteiger partial charge on any atom is -0.497 e. The Labute approximate surface area is 171 Å². The summed E-state index contributed by atoms with van der Waals surface area (Å²) in [7, 11) is 1.61. The highest BCUT2D eigenvalue weighted by molar-refractivity contribution is 5.81. The first-order valence-electron chi connectivity index (χ1n) is 10.0. The molecule has 2 fully saturated rings. The molecule has 0 radical (unpaired) electrons. The van der Waals surface area contributed by atoms with Gasteiger partial charge in [0.25, 0.3) is 0 Å². The van der Waals surface area contributed by atoms with Gasteiger partial charge in [-0.1, -0.05) is 26.0 Å². The number of hydrogen-bond acceptors (Lipinski definition) is 4. The third kappa shape index (κ3) is 4.99. The summed E-state index contributed by atoms with van der Waals surface area (Å²) in [5, 5.41) is 5.83. The quantitative estimate of drug-likeness (QED) is 0.792. The zero-order chi connectivity index (χ0) is 21.0. The molecule has 8 nitrogen and oxygen atoms in total. The van der Waals surface area contributed by atoms with Crippen molar-refractivity contribution < 1.29 is 19.1 Å². The largest absolute Gasteiger partial charge is 0.497 e. The number of rotatable bonds is 4. The zero-order valence-corrected chi connectivity index (χ0v) is 17.4. The van der Waals surface area contributed by atoms with E-state index in [1.807, 2.05) is 38.1 Å². The molecular weight excluding hydrogens is 372 g/mol. The number of amides is 4. The maximum absolute atomic E-state index is 12.9. The average molecular weight is 402 g/mol. The molecule has 1 aromatic carbocycles. The molecule has 0 aromatic heterocycles. The molecule has 4 amide bonds. The van der Waals surface area contributed by atoms with Crippen LogP contribution in [-0.2, 0) is 16.1 Å². The van der Waals surface area contributed by atoms with Crippen molar-refractivity contribution in [2.75, 3.05) is 39.8 Å². The highest BCUT2D eigenvalue weighted by Gasteiger charge is 2.45. The lowest BCUT2D eigenvalue weighted by Gasteiger charge is -2.33. The van der Waals surface area contributed by atoms with Crippen LogP contribution in [0.15, 0.2) is 24.3 Å². The van der Waals surface area contributed by atoms with Crippen LogP contribution in [0.1, 0.15) is 25.8 Å². The Bertz CT molecular complexity index is 782. The van der Waals surface area contributed by atoms with E-state index in [2.05, 4.69) is 10.6 Å². The van der Waals surface area contributed by atoms with Gasteiger partial charge in [-0.2, -0.15) is 0 Å². The van der Waals surface area contributed by atoms with Crippen molar-refractivity contribution in [2.45, 2.75) is 26.8 Å². The van der Waals surface area contributed by atoms with E-state index in [1.54, 1.807) is 16.9 Å². The summed E-state index contributed by atoms with van der Waals surface area (Å²) < 4.78 is 5.22. The van der Waals surface area contributed by atoms with E-state index in [0.29, 0.717) is 45.7 Å². The molecule has 8 heteroatoms. The van der Waals surface area contributed by atoms with Crippen molar-refractivity contribution >= 4 is 17.8 Å². The van der Waals surface area contributed by atoms with Gasteiger partial charge >= 0.3 is 6.03 Å². The topological polar surface area (TPSA) is 91.0 Å². The van der Waals surface area contributed by atoms with Gasteiger partial charge in [0.05, 0.1) is 7.11 Å². The first kappa shape index (κ1) is 21.0. The van der Waals surface area contributed by atoms with E-state index in [9.17, 15) is 14.4 Å². The molecule has 29 heavy (non-hydrogen) atoms. The minimum atomic E-state index is -0.439. The predicted octanol–water partition coefficient (Wildman–Crippen LogP) is 1.21. The number of urea groups is 1. The normalized spacial score (nSPS) is 21.9. The number of ether oxygens (including phenoxy) is 1. The summed E-state index contributed by atoms with van der Waals surface area (Å²) in [6.07, 6.45) is 0.328. The third-order valence-electron chi connectivity index (χ3n) is 5.56.